The first-order chi connectivity index (χ1) is 9.91. The highest BCUT2D eigenvalue weighted by molar-refractivity contribution is 7.91. The van der Waals surface area contributed by atoms with Gasteiger partial charge in [-0.25, -0.2) is 8.42 Å². The quantitative estimate of drug-likeness (QED) is 0.670. The lowest BCUT2D eigenvalue weighted by molar-refractivity contribution is 0.382. The summed E-state index contributed by atoms with van der Waals surface area (Å²) < 4.78 is 27.3. The molecule has 0 atom stereocenters. The lowest BCUT2D eigenvalue weighted by Crippen LogP contribution is -2.33. The molecule has 0 bridgehead atoms. The van der Waals surface area contributed by atoms with Crippen molar-refractivity contribution in [2.75, 3.05) is 26.2 Å². The molecule has 0 unspecified atom stereocenters. The average Bonchev–Trinajstić information content (AvgIpc) is 2.90. The Morgan fingerprint density at radius 2 is 1.95 bits per heavy atom. The van der Waals surface area contributed by atoms with Crippen molar-refractivity contribution in [1.29, 1.82) is 0 Å². The van der Waals surface area contributed by atoms with Gasteiger partial charge in [-0.05, 0) is 44.0 Å². The van der Waals surface area contributed by atoms with Crippen molar-refractivity contribution >= 4 is 21.4 Å². The van der Waals surface area contributed by atoms with E-state index in [1.807, 2.05) is 26.8 Å². The summed E-state index contributed by atoms with van der Waals surface area (Å²) in [6, 6.07) is 3.69. The van der Waals surface area contributed by atoms with E-state index in [9.17, 15) is 8.42 Å². The maximum atomic E-state index is 12.6. The van der Waals surface area contributed by atoms with Crippen LogP contribution >= 0.6 is 11.3 Å². The minimum Gasteiger partial charge on any atom is -0.316 e. The van der Waals surface area contributed by atoms with Gasteiger partial charge >= 0.3 is 0 Å². The third-order valence-corrected chi connectivity index (χ3v) is 6.68. The van der Waals surface area contributed by atoms with Gasteiger partial charge in [0.2, 0.25) is 0 Å². The van der Waals surface area contributed by atoms with E-state index in [0.29, 0.717) is 23.2 Å². The summed E-state index contributed by atoms with van der Waals surface area (Å²) in [6.07, 6.45) is 2.00. The van der Waals surface area contributed by atoms with Crippen molar-refractivity contribution in [3.05, 3.63) is 17.0 Å². The fourth-order valence-corrected chi connectivity index (χ4v) is 5.20. The van der Waals surface area contributed by atoms with E-state index in [2.05, 4.69) is 12.2 Å². The molecule has 0 radical (unpaired) electrons. The van der Waals surface area contributed by atoms with Crippen LogP contribution in [-0.2, 0) is 16.4 Å². The summed E-state index contributed by atoms with van der Waals surface area (Å²) in [5.74, 6) is 0.331. The second kappa shape index (κ2) is 8.88. The van der Waals surface area contributed by atoms with Gasteiger partial charge < -0.3 is 5.32 Å². The maximum absolute atomic E-state index is 12.6. The highest BCUT2D eigenvalue weighted by Gasteiger charge is 2.25. The molecule has 0 saturated carbocycles. The second-order valence-corrected chi connectivity index (χ2v) is 8.90. The van der Waals surface area contributed by atoms with E-state index >= 15 is 0 Å². The van der Waals surface area contributed by atoms with E-state index in [1.165, 1.54) is 11.3 Å². The number of hydrogen-bond donors (Lipinski definition) is 1. The zero-order chi connectivity index (χ0) is 15.9. The van der Waals surface area contributed by atoms with Crippen LogP contribution in [0.4, 0.5) is 0 Å². The van der Waals surface area contributed by atoms with Crippen molar-refractivity contribution in [2.24, 2.45) is 5.92 Å². The van der Waals surface area contributed by atoms with Crippen LogP contribution in [0.15, 0.2) is 16.3 Å². The summed E-state index contributed by atoms with van der Waals surface area (Å²) in [5, 5.41) is 3.34. The van der Waals surface area contributed by atoms with Crippen LogP contribution in [0.3, 0.4) is 0 Å². The Hall–Kier alpha value is -0.430. The number of nitrogens with zero attached hydrogens (tertiary/aromatic N) is 1. The number of rotatable bonds is 10. The SMILES string of the molecule is CCCNCCc1ccc(S(=O)(=O)N(CC)CC(C)C)s1. The Morgan fingerprint density at radius 3 is 2.52 bits per heavy atom. The van der Waals surface area contributed by atoms with E-state index in [-0.39, 0.29) is 0 Å². The predicted molar refractivity (Wildman–Crippen MR) is 90.5 cm³/mol. The van der Waals surface area contributed by atoms with Gasteiger partial charge in [-0.3, -0.25) is 0 Å². The van der Waals surface area contributed by atoms with Gasteiger partial charge in [-0.1, -0.05) is 27.7 Å². The molecular formula is C15H28N2O2S2. The molecule has 0 amide bonds. The third-order valence-electron chi connectivity index (χ3n) is 3.13. The molecule has 122 valence electrons. The largest absolute Gasteiger partial charge is 0.316 e. The van der Waals surface area contributed by atoms with E-state index in [0.717, 1.165) is 30.8 Å². The normalized spacial score (nSPS) is 12.5. The van der Waals surface area contributed by atoms with Gasteiger partial charge in [0.15, 0.2) is 0 Å². The van der Waals surface area contributed by atoms with Gasteiger partial charge in [0, 0.05) is 18.0 Å². The van der Waals surface area contributed by atoms with Crippen LogP contribution in [-0.4, -0.2) is 38.9 Å². The molecule has 0 aliphatic carbocycles. The molecule has 1 heterocycles. The number of sulfonamides is 1. The van der Waals surface area contributed by atoms with Gasteiger partial charge in [0.1, 0.15) is 4.21 Å². The van der Waals surface area contributed by atoms with Crippen molar-refractivity contribution in [3.63, 3.8) is 0 Å². The Kier molecular flexibility index (Phi) is 7.87. The molecular weight excluding hydrogens is 304 g/mol. The lowest BCUT2D eigenvalue weighted by atomic mass is 10.2. The van der Waals surface area contributed by atoms with Crippen LogP contribution in [0.2, 0.25) is 0 Å². The molecule has 1 N–H and O–H groups in total. The van der Waals surface area contributed by atoms with Crippen LogP contribution in [0, 0.1) is 5.92 Å². The molecule has 6 heteroatoms. The number of hydrogen-bond acceptors (Lipinski definition) is 4. The van der Waals surface area contributed by atoms with Gasteiger partial charge in [0.05, 0.1) is 0 Å². The minimum absolute atomic E-state index is 0.331. The fourth-order valence-electron chi connectivity index (χ4n) is 2.08. The van der Waals surface area contributed by atoms with Gasteiger partial charge in [0.25, 0.3) is 10.0 Å². The molecule has 1 aromatic rings. The Labute approximate surface area is 133 Å². The first-order valence-corrected chi connectivity index (χ1v) is 9.97. The lowest BCUT2D eigenvalue weighted by Gasteiger charge is -2.21. The molecule has 0 aliphatic heterocycles. The molecule has 0 aliphatic rings. The minimum atomic E-state index is -3.33. The molecule has 4 nitrogen and oxygen atoms in total. The molecule has 1 aromatic heterocycles. The molecule has 0 fully saturated rings. The highest BCUT2D eigenvalue weighted by atomic mass is 32.2. The Balaban J connectivity index is 2.73. The smallest absolute Gasteiger partial charge is 0.252 e. The molecule has 0 spiro atoms. The van der Waals surface area contributed by atoms with Crippen molar-refractivity contribution < 1.29 is 8.42 Å². The summed E-state index contributed by atoms with van der Waals surface area (Å²) in [7, 11) is -3.33. The van der Waals surface area contributed by atoms with Crippen LogP contribution in [0.25, 0.3) is 0 Å². The van der Waals surface area contributed by atoms with Crippen molar-refractivity contribution in [1.82, 2.24) is 9.62 Å². The topological polar surface area (TPSA) is 49.4 Å². The van der Waals surface area contributed by atoms with Crippen LogP contribution < -0.4 is 5.32 Å². The monoisotopic (exact) mass is 332 g/mol. The Bertz CT molecular complexity index is 509. The molecule has 0 aromatic carbocycles. The maximum Gasteiger partial charge on any atom is 0.252 e. The molecule has 21 heavy (non-hydrogen) atoms. The van der Waals surface area contributed by atoms with Gasteiger partial charge in [-0.2, -0.15) is 4.31 Å². The second-order valence-electron chi connectivity index (χ2n) is 5.57. The average molecular weight is 333 g/mol. The van der Waals surface area contributed by atoms with E-state index in [1.54, 1.807) is 10.4 Å². The third kappa shape index (κ3) is 5.70. The van der Waals surface area contributed by atoms with Crippen LogP contribution in [0.5, 0.6) is 0 Å². The van der Waals surface area contributed by atoms with Crippen molar-refractivity contribution in [2.45, 2.75) is 44.7 Å². The summed E-state index contributed by atoms with van der Waals surface area (Å²) in [6.45, 7) is 11.1. The highest BCUT2D eigenvalue weighted by Crippen LogP contribution is 2.25. The fraction of sp³-hybridized carbons (Fsp3) is 0.733. The first kappa shape index (κ1) is 18.6. The van der Waals surface area contributed by atoms with Gasteiger partial charge in [-0.15, -0.1) is 11.3 Å². The zero-order valence-corrected chi connectivity index (χ0v) is 15.2. The standard InChI is InChI=1S/C15H28N2O2S2/c1-5-10-16-11-9-14-7-8-15(20-14)21(18,19)17(6-2)12-13(3)4/h7-8,13,16H,5-6,9-12H2,1-4H3. The number of nitrogens with one attached hydrogen (secondary N) is 1. The van der Waals surface area contributed by atoms with Crippen molar-refractivity contribution in [3.8, 4) is 0 Å². The molecule has 0 saturated heterocycles. The van der Waals surface area contributed by atoms with E-state index in [4.69, 9.17) is 0 Å². The van der Waals surface area contributed by atoms with Crippen LogP contribution in [0.1, 0.15) is 39.0 Å². The number of thiophene rings is 1. The molecule has 1 rings (SSSR count). The summed E-state index contributed by atoms with van der Waals surface area (Å²) in [5.41, 5.74) is 0. The first-order valence-electron chi connectivity index (χ1n) is 7.71. The summed E-state index contributed by atoms with van der Waals surface area (Å²) in [4.78, 5) is 1.12. The summed E-state index contributed by atoms with van der Waals surface area (Å²) >= 11 is 1.40. The van der Waals surface area contributed by atoms with E-state index < -0.39 is 10.0 Å². The zero-order valence-electron chi connectivity index (χ0n) is 13.6. The Morgan fingerprint density at radius 1 is 1.24 bits per heavy atom. The predicted octanol–water partition coefficient (Wildman–Crippen LogP) is 2.96.